The van der Waals surface area contributed by atoms with E-state index in [1.165, 1.54) is 6.07 Å². The lowest BCUT2D eigenvalue weighted by molar-refractivity contribution is 0.103. The van der Waals surface area contributed by atoms with Crippen molar-refractivity contribution in [2.24, 2.45) is 0 Å². The van der Waals surface area contributed by atoms with Crippen LogP contribution in [-0.4, -0.2) is 21.0 Å². The van der Waals surface area contributed by atoms with Gasteiger partial charge in [-0.25, -0.2) is 5.10 Å². The molecule has 5 heteroatoms. The smallest absolute Gasteiger partial charge is 0.264 e. The molecular formula is C19H19N3O2. The Morgan fingerprint density at radius 1 is 1.08 bits per heavy atom. The maximum Gasteiger partial charge on any atom is 0.264 e. The van der Waals surface area contributed by atoms with Gasteiger partial charge in [0.25, 0.3) is 5.56 Å². The van der Waals surface area contributed by atoms with Crippen LogP contribution in [0.5, 0.6) is 0 Å². The number of aromatic amines is 2. The molecule has 0 aliphatic heterocycles. The second kappa shape index (κ2) is 6.66. The topological polar surface area (TPSA) is 78.6 Å². The molecule has 2 N–H and O–H groups in total. The maximum absolute atomic E-state index is 12.6. The standard InChI is InChI=1S/C19H19N3O2/c1-3-14(16-10-11-18(23)22-21-16)15-8-9-17(20-15)19(24)13-6-4-12(2)5-7-13/h4-11,14,20H,3H2,1-2H3,(H,22,23). The molecule has 3 aromatic rings. The average Bonchev–Trinajstić information content (AvgIpc) is 3.07. The third-order valence-electron chi connectivity index (χ3n) is 4.11. The summed E-state index contributed by atoms with van der Waals surface area (Å²) in [4.78, 5) is 27.0. The highest BCUT2D eigenvalue weighted by Crippen LogP contribution is 2.25. The van der Waals surface area contributed by atoms with E-state index in [-0.39, 0.29) is 17.3 Å². The van der Waals surface area contributed by atoms with E-state index in [1.54, 1.807) is 12.1 Å². The van der Waals surface area contributed by atoms with Crippen molar-refractivity contribution >= 4 is 5.78 Å². The van der Waals surface area contributed by atoms with Crippen molar-refractivity contribution in [3.05, 3.63) is 87.1 Å². The van der Waals surface area contributed by atoms with Gasteiger partial charge in [-0.15, -0.1) is 0 Å². The van der Waals surface area contributed by atoms with E-state index < -0.39 is 0 Å². The van der Waals surface area contributed by atoms with Crippen molar-refractivity contribution in [3.8, 4) is 0 Å². The second-order valence-electron chi connectivity index (χ2n) is 5.83. The van der Waals surface area contributed by atoms with Crippen LogP contribution in [0.15, 0.2) is 53.3 Å². The first kappa shape index (κ1) is 15.9. The zero-order valence-corrected chi connectivity index (χ0v) is 13.7. The molecular weight excluding hydrogens is 302 g/mol. The summed E-state index contributed by atoms with van der Waals surface area (Å²) in [6, 6.07) is 14.4. The molecule has 2 aromatic heterocycles. The quantitative estimate of drug-likeness (QED) is 0.708. The van der Waals surface area contributed by atoms with Crippen LogP contribution in [0.2, 0.25) is 0 Å². The third kappa shape index (κ3) is 3.20. The van der Waals surface area contributed by atoms with Crippen LogP contribution in [0.25, 0.3) is 0 Å². The molecule has 0 saturated heterocycles. The van der Waals surface area contributed by atoms with Gasteiger partial charge in [0.1, 0.15) is 0 Å². The lowest BCUT2D eigenvalue weighted by atomic mass is 9.98. The minimum absolute atomic E-state index is 0.00131. The molecule has 24 heavy (non-hydrogen) atoms. The fourth-order valence-corrected chi connectivity index (χ4v) is 2.75. The molecule has 122 valence electrons. The molecule has 1 atom stereocenters. The van der Waals surface area contributed by atoms with Crippen molar-refractivity contribution in [1.29, 1.82) is 0 Å². The van der Waals surface area contributed by atoms with E-state index in [4.69, 9.17) is 0 Å². The zero-order chi connectivity index (χ0) is 17.1. The summed E-state index contributed by atoms with van der Waals surface area (Å²) in [5.74, 6) is -0.0352. The van der Waals surface area contributed by atoms with Gasteiger partial charge in [0.2, 0.25) is 5.78 Å². The molecule has 3 rings (SSSR count). The number of nitrogens with one attached hydrogen (secondary N) is 2. The van der Waals surface area contributed by atoms with E-state index in [0.717, 1.165) is 23.4 Å². The number of hydrogen-bond acceptors (Lipinski definition) is 3. The first-order chi connectivity index (χ1) is 11.6. The third-order valence-corrected chi connectivity index (χ3v) is 4.11. The molecule has 0 aliphatic rings. The van der Waals surface area contributed by atoms with Gasteiger partial charge in [-0.05, 0) is 31.5 Å². The molecule has 0 spiro atoms. The molecule has 2 heterocycles. The Bertz CT molecular complexity index is 886. The van der Waals surface area contributed by atoms with Crippen LogP contribution in [0.3, 0.4) is 0 Å². The van der Waals surface area contributed by atoms with Crippen molar-refractivity contribution in [1.82, 2.24) is 15.2 Å². The molecule has 0 saturated carbocycles. The number of aryl methyl sites for hydroxylation is 1. The van der Waals surface area contributed by atoms with Crippen LogP contribution < -0.4 is 5.56 Å². The molecule has 5 nitrogen and oxygen atoms in total. The SMILES string of the molecule is CCC(c1ccc(=O)[nH]n1)c1ccc(C(=O)c2ccc(C)cc2)[nH]1. The summed E-state index contributed by atoms with van der Waals surface area (Å²) in [6.45, 7) is 4.03. The second-order valence-corrected chi connectivity index (χ2v) is 5.83. The summed E-state index contributed by atoms with van der Waals surface area (Å²) < 4.78 is 0. The molecule has 1 unspecified atom stereocenters. The van der Waals surface area contributed by atoms with Gasteiger partial charge in [0, 0.05) is 23.2 Å². The van der Waals surface area contributed by atoms with Gasteiger partial charge in [0.15, 0.2) is 0 Å². The summed E-state index contributed by atoms with van der Waals surface area (Å²) in [7, 11) is 0. The number of ketones is 1. The van der Waals surface area contributed by atoms with Crippen LogP contribution in [0.1, 0.15) is 52.3 Å². The van der Waals surface area contributed by atoms with Gasteiger partial charge in [0.05, 0.1) is 11.4 Å². The monoisotopic (exact) mass is 321 g/mol. The zero-order valence-electron chi connectivity index (χ0n) is 13.7. The van der Waals surface area contributed by atoms with E-state index >= 15 is 0 Å². The highest BCUT2D eigenvalue weighted by molar-refractivity contribution is 6.07. The summed E-state index contributed by atoms with van der Waals surface area (Å²) in [6.07, 6.45) is 0.803. The lowest BCUT2D eigenvalue weighted by Crippen LogP contribution is -2.11. The number of carbonyl (C=O) groups is 1. The van der Waals surface area contributed by atoms with Gasteiger partial charge < -0.3 is 4.98 Å². The Morgan fingerprint density at radius 2 is 1.83 bits per heavy atom. The van der Waals surface area contributed by atoms with E-state index in [2.05, 4.69) is 15.2 Å². The lowest BCUT2D eigenvalue weighted by Gasteiger charge is -2.12. The minimum atomic E-state index is -0.227. The van der Waals surface area contributed by atoms with Gasteiger partial charge >= 0.3 is 0 Å². The number of hydrogen-bond donors (Lipinski definition) is 2. The summed E-state index contributed by atoms with van der Waals surface area (Å²) in [5, 5.41) is 6.56. The number of benzene rings is 1. The fraction of sp³-hybridized carbons (Fsp3) is 0.211. The van der Waals surface area contributed by atoms with Crippen LogP contribution in [0, 0.1) is 6.92 Å². The number of carbonyl (C=O) groups excluding carboxylic acids is 1. The van der Waals surface area contributed by atoms with Gasteiger partial charge in [-0.1, -0.05) is 36.8 Å². The van der Waals surface area contributed by atoms with Crippen LogP contribution in [-0.2, 0) is 0 Å². The largest absolute Gasteiger partial charge is 0.355 e. The predicted octanol–water partition coefficient (Wildman–Crippen LogP) is 3.18. The van der Waals surface area contributed by atoms with Crippen molar-refractivity contribution in [2.45, 2.75) is 26.2 Å². The van der Waals surface area contributed by atoms with Crippen molar-refractivity contribution in [2.75, 3.05) is 0 Å². The normalized spacial score (nSPS) is 12.1. The van der Waals surface area contributed by atoms with Gasteiger partial charge in [-0.3, -0.25) is 9.59 Å². The highest BCUT2D eigenvalue weighted by Gasteiger charge is 2.18. The molecule has 0 radical (unpaired) electrons. The number of aromatic nitrogens is 3. The Hall–Kier alpha value is -2.95. The summed E-state index contributed by atoms with van der Waals surface area (Å²) in [5.41, 5.74) is 3.78. The first-order valence-corrected chi connectivity index (χ1v) is 7.94. The molecule has 0 fully saturated rings. The number of H-pyrrole nitrogens is 2. The number of rotatable bonds is 5. The van der Waals surface area contributed by atoms with E-state index in [0.29, 0.717) is 11.3 Å². The van der Waals surface area contributed by atoms with E-state index in [1.807, 2.05) is 44.2 Å². The number of nitrogens with zero attached hydrogens (tertiary/aromatic N) is 1. The predicted molar refractivity (Wildman–Crippen MR) is 92.4 cm³/mol. The molecule has 0 bridgehead atoms. The average molecular weight is 321 g/mol. The molecule has 0 aliphatic carbocycles. The fourth-order valence-electron chi connectivity index (χ4n) is 2.75. The van der Waals surface area contributed by atoms with E-state index in [9.17, 15) is 9.59 Å². The Balaban J connectivity index is 1.88. The minimum Gasteiger partial charge on any atom is -0.355 e. The molecule has 1 aromatic carbocycles. The van der Waals surface area contributed by atoms with Crippen LogP contribution in [0.4, 0.5) is 0 Å². The van der Waals surface area contributed by atoms with Crippen LogP contribution >= 0.6 is 0 Å². The highest BCUT2D eigenvalue weighted by atomic mass is 16.1. The van der Waals surface area contributed by atoms with Gasteiger partial charge in [-0.2, -0.15) is 5.10 Å². The summed E-state index contributed by atoms with van der Waals surface area (Å²) >= 11 is 0. The van der Waals surface area contributed by atoms with Crippen molar-refractivity contribution < 1.29 is 4.79 Å². The Morgan fingerprint density at radius 3 is 2.46 bits per heavy atom. The Kier molecular flexibility index (Phi) is 4.42. The van der Waals surface area contributed by atoms with Crippen molar-refractivity contribution in [3.63, 3.8) is 0 Å². The molecule has 0 amide bonds. The maximum atomic E-state index is 12.6. The Labute approximate surface area is 139 Å². The first-order valence-electron chi connectivity index (χ1n) is 7.94.